The van der Waals surface area contributed by atoms with Crippen LogP contribution in [0.2, 0.25) is 0 Å². The fourth-order valence-corrected chi connectivity index (χ4v) is 1.58. The van der Waals surface area contributed by atoms with Crippen LogP contribution in [-0.2, 0) is 6.42 Å². The van der Waals surface area contributed by atoms with Crippen molar-refractivity contribution in [2.24, 2.45) is 5.73 Å². The third kappa shape index (κ3) is 1.70. The first-order valence-corrected chi connectivity index (χ1v) is 5.02. The summed E-state index contributed by atoms with van der Waals surface area (Å²) in [6.45, 7) is 4.99. The summed E-state index contributed by atoms with van der Waals surface area (Å²) in [7, 11) is 0. The number of anilines is 1. The van der Waals surface area contributed by atoms with Gasteiger partial charge in [-0.25, -0.2) is 9.97 Å². The van der Waals surface area contributed by atoms with Gasteiger partial charge in [-0.2, -0.15) is 0 Å². The Morgan fingerprint density at radius 2 is 2.36 bits per heavy atom. The fourth-order valence-electron chi connectivity index (χ4n) is 1.58. The summed E-state index contributed by atoms with van der Waals surface area (Å²) in [6.07, 6.45) is 2.77. The lowest BCUT2D eigenvalue weighted by Crippen LogP contribution is -2.36. The summed E-state index contributed by atoms with van der Waals surface area (Å²) < 4.78 is 0. The summed E-state index contributed by atoms with van der Waals surface area (Å²) in [6, 6.07) is 0.191. The molecule has 0 radical (unpaired) electrons. The van der Waals surface area contributed by atoms with Crippen molar-refractivity contribution in [3.05, 3.63) is 17.6 Å². The van der Waals surface area contributed by atoms with Crippen LogP contribution in [0.4, 0.5) is 5.82 Å². The monoisotopic (exact) mass is 192 g/mol. The van der Waals surface area contributed by atoms with Crippen LogP contribution in [0.1, 0.15) is 31.2 Å². The maximum absolute atomic E-state index is 5.83. The minimum atomic E-state index is 0.191. The molecule has 4 heteroatoms. The number of hydrogen-bond donors (Lipinski definition) is 2. The number of fused-ring (bicyclic) bond motifs is 1. The van der Waals surface area contributed by atoms with Crippen LogP contribution >= 0.6 is 0 Å². The number of rotatable bonds is 1. The van der Waals surface area contributed by atoms with E-state index in [-0.39, 0.29) is 6.04 Å². The molecule has 1 atom stereocenters. The molecule has 0 fully saturated rings. The molecule has 1 aromatic rings. The lowest BCUT2D eigenvalue weighted by Gasteiger charge is -2.22. The number of hydrogen-bond acceptors (Lipinski definition) is 4. The molecule has 0 spiro atoms. The zero-order valence-electron chi connectivity index (χ0n) is 8.62. The van der Waals surface area contributed by atoms with E-state index in [2.05, 4.69) is 29.1 Å². The van der Waals surface area contributed by atoms with E-state index in [9.17, 15) is 0 Å². The summed E-state index contributed by atoms with van der Waals surface area (Å²) in [5, 5.41) is 3.23. The molecule has 4 nitrogen and oxygen atoms in total. The summed E-state index contributed by atoms with van der Waals surface area (Å²) >= 11 is 0. The van der Waals surface area contributed by atoms with Gasteiger partial charge in [-0.1, -0.05) is 13.8 Å². The van der Waals surface area contributed by atoms with E-state index in [4.69, 9.17) is 5.73 Å². The second kappa shape index (κ2) is 3.53. The molecule has 76 valence electrons. The summed E-state index contributed by atoms with van der Waals surface area (Å²) in [5.74, 6) is 2.23. The Morgan fingerprint density at radius 1 is 1.57 bits per heavy atom. The van der Waals surface area contributed by atoms with Gasteiger partial charge in [-0.05, 0) is 6.42 Å². The maximum Gasteiger partial charge on any atom is 0.133 e. The number of nitrogens with two attached hydrogens (primary N) is 1. The summed E-state index contributed by atoms with van der Waals surface area (Å²) in [4.78, 5) is 8.79. The molecular weight excluding hydrogens is 176 g/mol. The van der Waals surface area contributed by atoms with Gasteiger partial charge < -0.3 is 11.1 Å². The maximum atomic E-state index is 5.83. The topological polar surface area (TPSA) is 63.8 Å². The van der Waals surface area contributed by atoms with Gasteiger partial charge >= 0.3 is 0 Å². The van der Waals surface area contributed by atoms with E-state index >= 15 is 0 Å². The van der Waals surface area contributed by atoms with Crippen LogP contribution in [0, 0.1) is 0 Å². The summed E-state index contributed by atoms with van der Waals surface area (Å²) in [5.41, 5.74) is 6.96. The van der Waals surface area contributed by atoms with Crippen LogP contribution in [0.5, 0.6) is 0 Å². The van der Waals surface area contributed by atoms with Crippen LogP contribution in [0.15, 0.2) is 6.20 Å². The zero-order chi connectivity index (χ0) is 10.1. The van der Waals surface area contributed by atoms with Crippen LogP contribution in [0.3, 0.4) is 0 Å². The first kappa shape index (κ1) is 9.40. The Kier molecular flexibility index (Phi) is 2.37. The molecular formula is C10H16N4. The molecule has 3 N–H and O–H groups in total. The van der Waals surface area contributed by atoms with Crippen molar-refractivity contribution < 1.29 is 0 Å². The number of nitrogens with zero attached hydrogens (tertiary/aromatic N) is 2. The highest BCUT2D eigenvalue weighted by Gasteiger charge is 2.17. The standard InChI is InChI=1S/C10H16N4/c1-6(2)9-12-4-7-3-8(11)5-13-10(7)14-9/h4,6,8H,3,5,11H2,1-2H3,(H,12,13,14). The molecule has 14 heavy (non-hydrogen) atoms. The second-order valence-electron chi connectivity index (χ2n) is 4.10. The molecule has 0 saturated carbocycles. The average molecular weight is 192 g/mol. The molecule has 0 aromatic carbocycles. The second-order valence-corrected chi connectivity index (χ2v) is 4.10. The molecule has 1 unspecified atom stereocenters. The van der Waals surface area contributed by atoms with Crippen molar-refractivity contribution in [1.29, 1.82) is 0 Å². The van der Waals surface area contributed by atoms with Crippen molar-refractivity contribution in [1.82, 2.24) is 9.97 Å². The molecule has 1 aliphatic rings. The van der Waals surface area contributed by atoms with Gasteiger partial charge in [0.2, 0.25) is 0 Å². The molecule has 2 rings (SSSR count). The van der Waals surface area contributed by atoms with E-state index in [1.54, 1.807) is 0 Å². The molecule has 0 aliphatic carbocycles. The van der Waals surface area contributed by atoms with E-state index in [1.807, 2.05) is 6.20 Å². The first-order valence-electron chi connectivity index (χ1n) is 5.02. The lowest BCUT2D eigenvalue weighted by molar-refractivity contribution is 0.661. The van der Waals surface area contributed by atoms with E-state index in [0.29, 0.717) is 5.92 Å². The molecule has 0 bridgehead atoms. The Hall–Kier alpha value is -1.16. The van der Waals surface area contributed by atoms with Crippen molar-refractivity contribution >= 4 is 5.82 Å². The SMILES string of the molecule is CC(C)c1ncc2c(n1)NCC(N)C2. The number of aromatic nitrogens is 2. The van der Waals surface area contributed by atoms with Crippen LogP contribution in [-0.4, -0.2) is 22.6 Å². The molecule has 0 amide bonds. The predicted molar refractivity (Wildman–Crippen MR) is 56.3 cm³/mol. The Bertz CT molecular complexity index is 335. The zero-order valence-corrected chi connectivity index (χ0v) is 8.62. The van der Waals surface area contributed by atoms with Crippen molar-refractivity contribution in [2.75, 3.05) is 11.9 Å². The van der Waals surface area contributed by atoms with Crippen LogP contribution in [0.25, 0.3) is 0 Å². The van der Waals surface area contributed by atoms with E-state index in [1.165, 1.54) is 0 Å². The molecule has 2 heterocycles. The van der Waals surface area contributed by atoms with Gasteiger partial charge in [0.15, 0.2) is 0 Å². The van der Waals surface area contributed by atoms with E-state index in [0.717, 1.165) is 30.2 Å². The highest BCUT2D eigenvalue weighted by atomic mass is 15.1. The highest BCUT2D eigenvalue weighted by molar-refractivity contribution is 5.46. The highest BCUT2D eigenvalue weighted by Crippen LogP contribution is 2.20. The van der Waals surface area contributed by atoms with Crippen molar-refractivity contribution in [2.45, 2.75) is 32.2 Å². The molecule has 1 aromatic heterocycles. The largest absolute Gasteiger partial charge is 0.368 e. The average Bonchev–Trinajstić information content (AvgIpc) is 2.16. The third-order valence-corrected chi connectivity index (χ3v) is 2.41. The third-order valence-electron chi connectivity index (χ3n) is 2.41. The molecule has 1 aliphatic heterocycles. The van der Waals surface area contributed by atoms with Crippen LogP contribution < -0.4 is 11.1 Å². The van der Waals surface area contributed by atoms with Gasteiger partial charge in [-0.15, -0.1) is 0 Å². The number of nitrogens with one attached hydrogen (secondary N) is 1. The Balaban J connectivity index is 2.31. The van der Waals surface area contributed by atoms with Crippen molar-refractivity contribution in [3.63, 3.8) is 0 Å². The minimum Gasteiger partial charge on any atom is -0.368 e. The van der Waals surface area contributed by atoms with E-state index < -0.39 is 0 Å². The Morgan fingerprint density at radius 3 is 3.07 bits per heavy atom. The smallest absolute Gasteiger partial charge is 0.133 e. The molecule has 0 saturated heterocycles. The van der Waals surface area contributed by atoms with Gasteiger partial charge in [0, 0.05) is 30.3 Å². The van der Waals surface area contributed by atoms with Gasteiger partial charge in [-0.3, -0.25) is 0 Å². The normalized spacial score (nSPS) is 20.4. The Labute approximate surface area is 83.9 Å². The fraction of sp³-hybridized carbons (Fsp3) is 0.600. The van der Waals surface area contributed by atoms with Gasteiger partial charge in [0.1, 0.15) is 11.6 Å². The van der Waals surface area contributed by atoms with Gasteiger partial charge in [0.05, 0.1) is 0 Å². The van der Waals surface area contributed by atoms with Gasteiger partial charge in [0.25, 0.3) is 0 Å². The van der Waals surface area contributed by atoms with Crippen molar-refractivity contribution in [3.8, 4) is 0 Å². The minimum absolute atomic E-state index is 0.191. The first-order chi connectivity index (χ1) is 6.66. The quantitative estimate of drug-likeness (QED) is 0.693. The predicted octanol–water partition coefficient (Wildman–Crippen LogP) is 0.895. The lowest BCUT2D eigenvalue weighted by atomic mass is 10.0.